The summed E-state index contributed by atoms with van der Waals surface area (Å²) >= 11 is 22.0. The predicted octanol–water partition coefficient (Wildman–Crippen LogP) is 3.54. The van der Waals surface area contributed by atoms with Gasteiger partial charge in [0, 0.05) is 5.03 Å². The summed E-state index contributed by atoms with van der Waals surface area (Å²) < 4.78 is 0. The lowest BCUT2D eigenvalue weighted by Gasteiger charge is -2.06. The van der Waals surface area contributed by atoms with Crippen LogP contribution in [0.1, 0.15) is 6.92 Å². The predicted molar refractivity (Wildman–Crippen MR) is 44.7 cm³/mol. The van der Waals surface area contributed by atoms with E-state index in [9.17, 15) is 0 Å². The third-order valence-corrected chi connectivity index (χ3v) is 2.57. The SMILES string of the molecule is CC=C(Cl)C(Cl)C(Cl)Cl. The molecule has 0 spiro atoms. The summed E-state index contributed by atoms with van der Waals surface area (Å²) in [5.41, 5.74) is 0. The van der Waals surface area contributed by atoms with Crippen molar-refractivity contribution in [2.75, 3.05) is 0 Å². The van der Waals surface area contributed by atoms with Crippen molar-refractivity contribution in [1.29, 1.82) is 0 Å². The standard InChI is InChI=1S/C5H6Cl4/c1-2-3(6)4(7)5(8)9/h2,4-5H,1H3. The van der Waals surface area contributed by atoms with E-state index >= 15 is 0 Å². The smallest absolute Gasteiger partial charge is 0.114 e. The lowest BCUT2D eigenvalue weighted by atomic mass is 10.4. The van der Waals surface area contributed by atoms with E-state index in [0.717, 1.165) is 0 Å². The normalized spacial score (nSPS) is 16.4. The minimum Gasteiger partial charge on any atom is -0.114 e. The Morgan fingerprint density at radius 1 is 1.33 bits per heavy atom. The molecule has 1 atom stereocenters. The number of hydrogen-bond acceptors (Lipinski definition) is 0. The van der Waals surface area contributed by atoms with Crippen molar-refractivity contribution in [2.24, 2.45) is 0 Å². The molecule has 0 aliphatic carbocycles. The largest absolute Gasteiger partial charge is 0.129 e. The first-order valence-electron chi connectivity index (χ1n) is 2.33. The van der Waals surface area contributed by atoms with Gasteiger partial charge < -0.3 is 0 Å². The monoisotopic (exact) mass is 206 g/mol. The number of allylic oxidation sites excluding steroid dienone is 2. The highest BCUT2D eigenvalue weighted by Crippen LogP contribution is 2.23. The first-order chi connectivity index (χ1) is 4.09. The molecule has 0 nitrogen and oxygen atoms in total. The summed E-state index contributed by atoms with van der Waals surface area (Å²) in [5.74, 6) is 0. The highest BCUT2D eigenvalue weighted by molar-refractivity contribution is 6.51. The third kappa shape index (κ3) is 3.57. The number of rotatable bonds is 2. The Labute approximate surface area is 74.7 Å². The number of hydrogen-bond donors (Lipinski definition) is 0. The average molecular weight is 208 g/mol. The summed E-state index contributed by atoms with van der Waals surface area (Å²) in [6.45, 7) is 1.77. The molecule has 0 aliphatic heterocycles. The molecule has 0 aliphatic rings. The Morgan fingerprint density at radius 3 is 1.89 bits per heavy atom. The molecule has 0 rings (SSSR count). The Morgan fingerprint density at radius 2 is 1.78 bits per heavy atom. The van der Waals surface area contributed by atoms with Gasteiger partial charge in [-0.15, -0.1) is 34.8 Å². The number of alkyl halides is 3. The third-order valence-electron chi connectivity index (χ3n) is 0.760. The van der Waals surface area contributed by atoms with Crippen molar-refractivity contribution in [3.8, 4) is 0 Å². The van der Waals surface area contributed by atoms with Crippen molar-refractivity contribution >= 4 is 46.4 Å². The van der Waals surface area contributed by atoms with Crippen LogP contribution in [-0.4, -0.2) is 10.2 Å². The highest BCUT2D eigenvalue weighted by Gasteiger charge is 2.15. The molecule has 0 heterocycles. The minimum atomic E-state index is -0.643. The van der Waals surface area contributed by atoms with E-state index in [1.54, 1.807) is 13.0 Å². The molecule has 0 fully saturated rings. The van der Waals surface area contributed by atoms with Gasteiger partial charge >= 0.3 is 0 Å². The molecule has 0 N–H and O–H groups in total. The highest BCUT2D eigenvalue weighted by atomic mass is 35.5. The van der Waals surface area contributed by atoms with Crippen LogP contribution in [0.5, 0.6) is 0 Å². The van der Waals surface area contributed by atoms with Gasteiger partial charge in [0.2, 0.25) is 0 Å². The first kappa shape index (κ1) is 9.90. The molecular weight excluding hydrogens is 202 g/mol. The molecule has 0 bridgehead atoms. The van der Waals surface area contributed by atoms with Gasteiger partial charge in [-0.25, -0.2) is 0 Å². The Hall–Kier alpha value is 0.900. The lowest BCUT2D eigenvalue weighted by Crippen LogP contribution is -2.07. The van der Waals surface area contributed by atoms with Gasteiger partial charge in [0.1, 0.15) is 4.84 Å². The lowest BCUT2D eigenvalue weighted by molar-refractivity contribution is 1.13. The zero-order valence-electron chi connectivity index (χ0n) is 4.74. The molecule has 0 saturated carbocycles. The Kier molecular flexibility index (Phi) is 5.14. The van der Waals surface area contributed by atoms with Crippen LogP contribution in [0.2, 0.25) is 0 Å². The van der Waals surface area contributed by atoms with E-state index < -0.39 is 10.2 Å². The van der Waals surface area contributed by atoms with Crippen molar-refractivity contribution in [3.05, 3.63) is 11.1 Å². The van der Waals surface area contributed by atoms with Crippen molar-refractivity contribution < 1.29 is 0 Å². The fourth-order valence-electron chi connectivity index (χ4n) is 0.280. The van der Waals surface area contributed by atoms with Crippen LogP contribution in [-0.2, 0) is 0 Å². The van der Waals surface area contributed by atoms with E-state index in [2.05, 4.69) is 0 Å². The summed E-state index contributed by atoms with van der Waals surface area (Å²) in [4.78, 5) is -0.643. The van der Waals surface area contributed by atoms with Gasteiger partial charge in [-0.1, -0.05) is 17.7 Å². The van der Waals surface area contributed by atoms with E-state index in [1.807, 2.05) is 0 Å². The molecule has 1 unspecified atom stereocenters. The molecule has 0 radical (unpaired) electrons. The maximum Gasteiger partial charge on any atom is 0.129 e. The summed E-state index contributed by atoms with van der Waals surface area (Å²) in [6, 6.07) is 0. The average Bonchev–Trinajstić information content (AvgIpc) is 1.84. The molecule has 0 aromatic heterocycles. The van der Waals surface area contributed by atoms with Gasteiger partial charge in [-0.05, 0) is 6.92 Å². The van der Waals surface area contributed by atoms with Crippen LogP contribution in [0.15, 0.2) is 11.1 Å². The molecule has 0 aromatic carbocycles. The first-order valence-corrected chi connectivity index (χ1v) is 4.02. The summed E-state index contributed by atoms with van der Waals surface area (Å²) in [6.07, 6.45) is 1.66. The quantitative estimate of drug-likeness (QED) is 0.608. The topological polar surface area (TPSA) is 0 Å². The van der Waals surface area contributed by atoms with E-state index in [1.165, 1.54) is 0 Å². The van der Waals surface area contributed by atoms with Crippen molar-refractivity contribution in [3.63, 3.8) is 0 Å². The fourth-order valence-corrected chi connectivity index (χ4v) is 0.932. The van der Waals surface area contributed by atoms with Crippen molar-refractivity contribution in [1.82, 2.24) is 0 Å². The van der Waals surface area contributed by atoms with Crippen LogP contribution in [0.3, 0.4) is 0 Å². The maximum atomic E-state index is 5.60. The van der Waals surface area contributed by atoms with E-state index in [-0.39, 0.29) is 0 Å². The molecule has 0 amide bonds. The summed E-state index contributed by atoms with van der Waals surface area (Å²) in [7, 11) is 0. The van der Waals surface area contributed by atoms with Gasteiger partial charge in [-0.2, -0.15) is 0 Å². The minimum absolute atomic E-state index is 0.478. The molecular formula is C5H6Cl4. The Balaban J connectivity index is 3.88. The van der Waals surface area contributed by atoms with E-state index in [4.69, 9.17) is 46.4 Å². The molecule has 54 valence electrons. The maximum absolute atomic E-state index is 5.60. The van der Waals surface area contributed by atoms with Crippen LogP contribution in [0.25, 0.3) is 0 Å². The fraction of sp³-hybridized carbons (Fsp3) is 0.600. The van der Waals surface area contributed by atoms with Gasteiger partial charge in [-0.3, -0.25) is 0 Å². The molecule has 9 heavy (non-hydrogen) atoms. The number of halogens is 4. The Bertz CT molecular complexity index is 108. The van der Waals surface area contributed by atoms with Gasteiger partial charge in [0.15, 0.2) is 0 Å². The summed E-state index contributed by atoms with van der Waals surface area (Å²) in [5, 5.41) is -0.00772. The van der Waals surface area contributed by atoms with Crippen LogP contribution < -0.4 is 0 Å². The van der Waals surface area contributed by atoms with E-state index in [0.29, 0.717) is 5.03 Å². The van der Waals surface area contributed by atoms with Crippen LogP contribution in [0.4, 0.5) is 0 Å². The van der Waals surface area contributed by atoms with Crippen LogP contribution >= 0.6 is 46.4 Å². The van der Waals surface area contributed by atoms with Crippen molar-refractivity contribution in [2.45, 2.75) is 17.1 Å². The molecule has 0 aromatic rings. The second-order valence-electron chi connectivity index (χ2n) is 1.41. The van der Waals surface area contributed by atoms with Crippen LogP contribution in [0, 0.1) is 0 Å². The second kappa shape index (κ2) is 4.68. The molecule has 0 saturated heterocycles. The van der Waals surface area contributed by atoms with Gasteiger partial charge in [0.25, 0.3) is 0 Å². The zero-order valence-corrected chi connectivity index (χ0v) is 7.77. The second-order valence-corrected chi connectivity index (χ2v) is 3.48. The zero-order chi connectivity index (χ0) is 7.44. The van der Waals surface area contributed by atoms with Gasteiger partial charge in [0.05, 0.1) is 5.38 Å². The molecule has 4 heteroatoms.